The number of fused-ring (bicyclic) bond motifs is 1. The molecule has 7 aliphatic rings. The average molecular weight is 533 g/mol. The maximum absolute atomic E-state index is 14.2. The van der Waals surface area contributed by atoms with E-state index >= 15 is 0 Å². The van der Waals surface area contributed by atoms with E-state index < -0.39 is 71.0 Å². The largest absolute Gasteiger partial charge is 0.393 e. The summed E-state index contributed by atoms with van der Waals surface area (Å²) in [6.45, 7) is 12.0. The number of aliphatic hydroxyl groups is 3. The molecule has 0 aromatic rings. The molecule has 3 saturated carbocycles. The molecule has 7 fully saturated rings. The van der Waals surface area contributed by atoms with Gasteiger partial charge in [-0.2, -0.15) is 0 Å². The van der Waals surface area contributed by atoms with Crippen LogP contribution in [0.2, 0.25) is 0 Å². The van der Waals surface area contributed by atoms with E-state index in [1.165, 1.54) is 0 Å². The summed E-state index contributed by atoms with van der Waals surface area (Å²) in [5.74, 6) is -3.48. The summed E-state index contributed by atoms with van der Waals surface area (Å²) in [5.41, 5.74) is -4.56. The minimum absolute atomic E-state index is 0.136. The van der Waals surface area contributed by atoms with Crippen LogP contribution in [0.3, 0.4) is 0 Å². The lowest BCUT2D eigenvalue weighted by Gasteiger charge is -2.61. The van der Waals surface area contributed by atoms with Gasteiger partial charge in [0.15, 0.2) is 11.4 Å². The summed E-state index contributed by atoms with van der Waals surface area (Å²) in [6.07, 6.45) is 4.60. The summed E-state index contributed by atoms with van der Waals surface area (Å²) >= 11 is 0. The minimum atomic E-state index is -2.11. The van der Waals surface area contributed by atoms with Gasteiger partial charge in [-0.25, -0.2) is 0 Å². The number of carbonyl (C=O) groups is 1. The molecule has 0 amide bonds. The minimum Gasteiger partial charge on any atom is -0.393 e. The van der Waals surface area contributed by atoms with Crippen LogP contribution in [0, 0.1) is 35.5 Å². The fourth-order valence-corrected chi connectivity index (χ4v) is 10.4. The number of ketones is 1. The van der Waals surface area contributed by atoms with E-state index in [0.29, 0.717) is 12.8 Å². The normalized spacial score (nSPS) is 60.8. The molecule has 5 unspecified atom stereocenters. The van der Waals surface area contributed by atoms with Gasteiger partial charge in [0, 0.05) is 24.2 Å². The predicted octanol–water partition coefficient (Wildman–Crippen LogP) is 2.86. The van der Waals surface area contributed by atoms with Crippen molar-refractivity contribution in [1.82, 2.24) is 0 Å². The summed E-state index contributed by atoms with van der Waals surface area (Å²) in [7, 11) is 0. The molecule has 3 aliphatic carbocycles. The van der Waals surface area contributed by atoms with Crippen molar-refractivity contribution in [1.29, 1.82) is 0 Å². The summed E-state index contributed by atoms with van der Waals surface area (Å²) in [6, 6.07) is 0. The number of Topliss-reactive ketones (excluding diaryl/α,β-unsaturated/α-hetero) is 1. The molecule has 2 spiro atoms. The van der Waals surface area contributed by atoms with Crippen LogP contribution in [0.4, 0.5) is 0 Å². The second kappa shape index (κ2) is 7.90. The molecule has 4 aliphatic heterocycles. The second-order valence-electron chi connectivity index (χ2n) is 14.0. The van der Waals surface area contributed by atoms with Crippen LogP contribution in [0.15, 0.2) is 12.2 Å². The van der Waals surface area contributed by atoms with Gasteiger partial charge in [0.2, 0.25) is 0 Å². The summed E-state index contributed by atoms with van der Waals surface area (Å²) in [5, 5.41) is 35.2. The topological polar surface area (TPSA) is 118 Å². The molecule has 212 valence electrons. The van der Waals surface area contributed by atoms with E-state index in [2.05, 4.69) is 20.4 Å². The zero-order valence-corrected chi connectivity index (χ0v) is 23.2. The Morgan fingerprint density at radius 3 is 2.47 bits per heavy atom. The lowest BCUT2D eigenvalue weighted by Crippen LogP contribution is -2.73. The third-order valence-electron chi connectivity index (χ3n) is 12.1. The smallest absolute Gasteiger partial charge is 0.284 e. The van der Waals surface area contributed by atoms with Crippen LogP contribution in [0.5, 0.6) is 0 Å². The molecular formula is C30H44O8. The van der Waals surface area contributed by atoms with E-state index in [4.69, 9.17) is 18.9 Å². The second-order valence-corrected chi connectivity index (χ2v) is 14.0. The zero-order valence-electron chi connectivity index (χ0n) is 23.2. The number of hydrogen-bond donors (Lipinski definition) is 3. The van der Waals surface area contributed by atoms with Crippen molar-refractivity contribution in [2.45, 2.75) is 126 Å². The molecule has 14 atom stereocenters. The van der Waals surface area contributed by atoms with Crippen molar-refractivity contribution < 1.29 is 39.1 Å². The van der Waals surface area contributed by atoms with E-state index in [0.717, 1.165) is 44.1 Å². The van der Waals surface area contributed by atoms with Gasteiger partial charge < -0.3 is 34.3 Å². The molecule has 0 aromatic heterocycles. The molecule has 4 saturated heterocycles. The van der Waals surface area contributed by atoms with Gasteiger partial charge in [0.25, 0.3) is 5.97 Å². The van der Waals surface area contributed by atoms with Gasteiger partial charge in [-0.1, -0.05) is 59.5 Å². The highest BCUT2D eigenvalue weighted by Crippen LogP contribution is 2.74. The fraction of sp³-hybridized carbons (Fsp3) is 0.900. The van der Waals surface area contributed by atoms with Crippen molar-refractivity contribution >= 4 is 5.78 Å². The maximum atomic E-state index is 14.2. The van der Waals surface area contributed by atoms with Crippen LogP contribution in [-0.4, -0.2) is 74.4 Å². The number of ether oxygens (including phenoxy) is 4. The van der Waals surface area contributed by atoms with Gasteiger partial charge >= 0.3 is 0 Å². The highest BCUT2D eigenvalue weighted by atomic mass is 16.9. The van der Waals surface area contributed by atoms with Crippen molar-refractivity contribution in [3.63, 3.8) is 0 Å². The first-order valence-corrected chi connectivity index (χ1v) is 14.9. The van der Waals surface area contributed by atoms with E-state index in [1.54, 1.807) is 0 Å². The van der Waals surface area contributed by atoms with Crippen molar-refractivity contribution in [2.75, 3.05) is 6.61 Å². The molecule has 8 heteroatoms. The number of epoxide rings is 1. The van der Waals surface area contributed by atoms with Gasteiger partial charge in [-0.05, 0) is 43.1 Å². The van der Waals surface area contributed by atoms with Crippen LogP contribution >= 0.6 is 0 Å². The van der Waals surface area contributed by atoms with Crippen LogP contribution in [0.25, 0.3) is 0 Å². The maximum Gasteiger partial charge on any atom is 0.284 e. The Labute approximate surface area is 225 Å². The Morgan fingerprint density at radius 1 is 1.05 bits per heavy atom. The average Bonchev–Trinajstić information content (AvgIpc) is 3.52. The van der Waals surface area contributed by atoms with E-state index in [9.17, 15) is 20.1 Å². The molecule has 4 heterocycles. The Kier molecular flexibility index (Phi) is 5.42. The van der Waals surface area contributed by atoms with Crippen LogP contribution in [0.1, 0.15) is 79.1 Å². The van der Waals surface area contributed by atoms with Crippen molar-refractivity contribution in [3.8, 4) is 0 Å². The number of carbonyl (C=O) groups excluding carboxylic acids is 1. The quantitative estimate of drug-likeness (QED) is 0.367. The monoisotopic (exact) mass is 532 g/mol. The summed E-state index contributed by atoms with van der Waals surface area (Å²) < 4.78 is 27.2. The Hall–Kier alpha value is -0.870. The standard InChI is InChI=1S/C30H44O8/c1-15(2)26-13-17(4)30-20-23(26)36-28(37-26,38-30)12-10-8-6-7-9-11-16(3)19-18(5)22(32)29(34,21(19)30)25(33)27(14-31)24(20)35-27/h16-21,23-25,31,33-34H,1,6-14H2,2-5H3/t16?,17-,18+,19?,20?,21-,23?,24+,25-,26-,27+,28?,29-,30-/m1/s1. The van der Waals surface area contributed by atoms with E-state index in [1.807, 2.05) is 13.8 Å². The van der Waals surface area contributed by atoms with Crippen LogP contribution < -0.4 is 0 Å². The van der Waals surface area contributed by atoms with E-state index in [-0.39, 0.29) is 23.5 Å². The van der Waals surface area contributed by atoms with Gasteiger partial charge in [0.1, 0.15) is 29.5 Å². The van der Waals surface area contributed by atoms with Gasteiger partial charge in [-0.15, -0.1) is 0 Å². The van der Waals surface area contributed by atoms with Crippen molar-refractivity contribution in [2.24, 2.45) is 35.5 Å². The molecule has 0 radical (unpaired) electrons. The Morgan fingerprint density at radius 2 is 1.76 bits per heavy atom. The number of aliphatic hydroxyl groups excluding tert-OH is 2. The molecule has 0 aromatic carbocycles. The van der Waals surface area contributed by atoms with Crippen molar-refractivity contribution in [3.05, 3.63) is 12.2 Å². The third-order valence-corrected chi connectivity index (χ3v) is 12.1. The molecule has 3 N–H and O–H groups in total. The fourth-order valence-electron chi connectivity index (χ4n) is 10.4. The highest BCUT2D eigenvalue weighted by molar-refractivity contribution is 5.93. The first kappa shape index (κ1) is 26.1. The third kappa shape index (κ3) is 2.74. The molecule has 38 heavy (non-hydrogen) atoms. The first-order chi connectivity index (χ1) is 18.0. The lowest BCUT2D eigenvalue weighted by atomic mass is 9.52. The van der Waals surface area contributed by atoms with Gasteiger partial charge in [0.05, 0.1) is 12.2 Å². The van der Waals surface area contributed by atoms with Gasteiger partial charge in [-0.3, -0.25) is 4.79 Å². The Balaban J connectivity index is 1.51. The molecule has 8 nitrogen and oxygen atoms in total. The zero-order chi connectivity index (χ0) is 27.0. The number of hydrogen-bond acceptors (Lipinski definition) is 8. The summed E-state index contributed by atoms with van der Waals surface area (Å²) in [4.78, 5) is 14.2. The van der Waals surface area contributed by atoms with Crippen LogP contribution in [-0.2, 0) is 23.7 Å². The molecular weight excluding hydrogens is 488 g/mol. The molecule has 3 bridgehead atoms. The highest BCUT2D eigenvalue weighted by Gasteiger charge is 2.89. The Bertz CT molecular complexity index is 1060. The lowest BCUT2D eigenvalue weighted by molar-refractivity contribution is -0.436. The first-order valence-electron chi connectivity index (χ1n) is 14.9. The molecule has 7 rings (SSSR count). The SMILES string of the molecule is C=C(C)[C@]12C[C@@H](C)[C@@]34OC5(CCCCCCCC(C)C6[C@H](C)C(=O)[C@@](O)([C@H](O)[C@@]7(CO)O[C@H]7C3C1O5)[C@@H]64)O2. The predicted molar refractivity (Wildman–Crippen MR) is 136 cm³/mol. The number of rotatable bonds is 2.